The van der Waals surface area contributed by atoms with Crippen LogP contribution in [0, 0.1) is 29.3 Å². The van der Waals surface area contributed by atoms with E-state index < -0.39 is 59.2 Å². The van der Waals surface area contributed by atoms with E-state index in [1.54, 1.807) is 0 Å². The molecule has 1 heterocycles. The zero-order chi connectivity index (χ0) is 17.4. The van der Waals surface area contributed by atoms with Gasteiger partial charge in [0.25, 0.3) is 0 Å². The van der Waals surface area contributed by atoms with Crippen LogP contribution >= 0.6 is 0 Å². The van der Waals surface area contributed by atoms with E-state index in [0.29, 0.717) is 18.9 Å². The van der Waals surface area contributed by atoms with Crippen LogP contribution in [0.25, 0.3) is 0 Å². The van der Waals surface area contributed by atoms with Crippen LogP contribution < -0.4 is 5.32 Å². The van der Waals surface area contributed by atoms with Gasteiger partial charge in [0.1, 0.15) is 6.54 Å². The van der Waals surface area contributed by atoms with Gasteiger partial charge in [-0.15, -0.1) is 0 Å². The van der Waals surface area contributed by atoms with Crippen LogP contribution in [0.5, 0.6) is 0 Å². The summed E-state index contributed by atoms with van der Waals surface area (Å²) >= 11 is 0. The minimum absolute atomic E-state index is 0.436. The number of hydrogen-bond acceptors (Lipinski definition) is 3. The second-order valence-corrected chi connectivity index (χ2v) is 5.69. The number of imide groups is 1. The molecule has 2 unspecified atom stereocenters. The number of fused-ring (bicyclic) bond motifs is 1. The van der Waals surface area contributed by atoms with Crippen molar-refractivity contribution in [1.29, 1.82) is 0 Å². The van der Waals surface area contributed by atoms with Gasteiger partial charge in [-0.25, -0.2) is 13.2 Å². The molecule has 126 valence electrons. The van der Waals surface area contributed by atoms with Gasteiger partial charge in [0, 0.05) is 0 Å². The molecule has 1 fully saturated rings. The maximum absolute atomic E-state index is 13.5. The molecule has 0 radical (unpaired) electrons. The number of amides is 3. The minimum Gasteiger partial charge on any atom is -0.322 e. The van der Waals surface area contributed by atoms with Crippen molar-refractivity contribution in [2.24, 2.45) is 11.8 Å². The Morgan fingerprint density at radius 1 is 1.04 bits per heavy atom. The van der Waals surface area contributed by atoms with E-state index in [1.807, 2.05) is 17.5 Å². The van der Waals surface area contributed by atoms with E-state index in [0.717, 1.165) is 11.0 Å². The first kappa shape index (κ1) is 16.2. The smallest absolute Gasteiger partial charge is 0.244 e. The Balaban J connectivity index is 1.71. The molecule has 3 amide bonds. The van der Waals surface area contributed by atoms with Crippen molar-refractivity contribution in [1.82, 2.24) is 4.90 Å². The summed E-state index contributed by atoms with van der Waals surface area (Å²) in [4.78, 5) is 37.2. The molecular formula is C16H13F3N2O3. The van der Waals surface area contributed by atoms with Crippen LogP contribution in [-0.4, -0.2) is 29.2 Å². The lowest BCUT2D eigenvalue weighted by atomic mass is 9.85. The van der Waals surface area contributed by atoms with E-state index in [1.165, 1.54) is 0 Å². The van der Waals surface area contributed by atoms with E-state index in [9.17, 15) is 27.6 Å². The molecule has 3 rings (SSSR count). The SMILES string of the molecule is O=C(CN1C(=O)C2CC=CCC2C1=O)Nc1ccc(F)c(F)c1F. The fourth-order valence-electron chi connectivity index (χ4n) is 2.98. The first-order chi connectivity index (χ1) is 11.4. The van der Waals surface area contributed by atoms with Crippen LogP contribution in [0.3, 0.4) is 0 Å². The molecule has 2 atom stereocenters. The molecule has 0 saturated carbocycles. The summed E-state index contributed by atoms with van der Waals surface area (Å²) in [6.45, 7) is -0.594. The molecule has 2 aliphatic rings. The van der Waals surface area contributed by atoms with E-state index in [2.05, 4.69) is 0 Å². The van der Waals surface area contributed by atoms with Gasteiger partial charge < -0.3 is 5.32 Å². The van der Waals surface area contributed by atoms with Gasteiger partial charge in [0.2, 0.25) is 17.7 Å². The highest BCUT2D eigenvalue weighted by molar-refractivity contribution is 6.08. The standard InChI is InChI=1S/C16H13F3N2O3/c17-10-5-6-11(14(19)13(10)18)20-12(22)7-21-15(23)8-3-1-2-4-9(8)16(21)24/h1-2,5-6,8-9H,3-4,7H2,(H,20,22). The number of nitrogens with zero attached hydrogens (tertiary/aromatic N) is 1. The summed E-state index contributed by atoms with van der Waals surface area (Å²) in [5.41, 5.74) is -0.558. The molecular weight excluding hydrogens is 325 g/mol. The van der Waals surface area contributed by atoms with Gasteiger partial charge in [-0.2, -0.15) is 0 Å². The summed E-state index contributed by atoms with van der Waals surface area (Å²) in [6.07, 6.45) is 4.50. The maximum Gasteiger partial charge on any atom is 0.244 e. The van der Waals surface area contributed by atoms with E-state index >= 15 is 0 Å². The van der Waals surface area contributed by atoms with Gasteiger partial charge >= 0.3 is 0 Å². The van der Waals surface area contributed by atoms with Gasteiger partial charge in [0.15, 0.2) is 17.5 Å². The van der Waals surface area contributed by atoms with Crippen molar-refractivity contribution in [3.05, 3.63) is 41.7 Å². The van der Waals surface area contributed by atoms with E-state index in [-0.39, 0.29) is 0 Å². The summed E-state index contributed by atoms with van der Waals surface area (Å²) in [5, 5.41) is 2.05. The number of hydrogen-bond donors (Lipinski definition) is 1. The predicted molar refractivity (Wildman–Crippen MR) is 77.0 cm³/mol. The Hall–Kier alpha value is -2.64. The topological polar surface area (TPSA) is 66.5 Å². The van der Waals surface area contributed by atoms with Crippen LogP contribution in [0.2, 0.25) is 0 Å². The van der Waals surface area contributed by atoms with E-state index in [4.69, 9.17) is 0 Å². The van der Waals surface area contributed by atoms with Crippen molar-refractivity contribution in [3.63, 3.8) is 0 Å². The number of anilines is 1. The Bertz CT molecular complexity index is 737. The second kappa shape index (κ2) is 6.10. The summed E-state index contributed by atoms with van der Waals surface area (Å²) in [7, 11) is 0. The average molecular weight is 338 g/mol. The number of carbonyl (C=O) groups excluding carboxylic acids is 3. The molecule has 24 heavy (non-hydrogen) atoms. The largest absolute Gasteiger partial charge is 0.322 e. The van der Waals surface area contributed by atoms with Gasteiger partial charge in [-0.3, -0.25) is 19.3 Å². The Kier molecular flexibility index (Phi) is 4.13. The van der Waals surface area contributed by atoms with Crippen molar-refractivity contribution in [2.75, 3.05) is 11.9 Å². The third kappa shape index (κ3) is 2.68. The molecule has 5 nitrogen and oxygen atoms in total. The summed E-state index contributed by atoms with van der Waals surface area (Å²) in [6, 6.07) is 1.53. The maximum atomic E-state index is 13.5. The van der Waals surface area contributed by atoms with Crippen molar-refractivity contribution >= 4 is 23.4 Å². The molecule has 1 aromatic carbocycles. The van der Waals surface area contributed by atoms with Crippen LogP contribution in [0.15, 0.2) is 24.3 Å². The lowest BCUT2D eigenvalue weighted by Crippen LogP contribution is -2.38. The second-order valence-electron chi connectivity index (χ2n) is 5.69. The normalized spacial score (nSPS) is 22.7. The quantitative estimate of drug-likeness (QED) is 0.521. The molecule has 1 aliphatic heterocycles. The highest BCUT2D eigenvalue weighted by Crippen LogP contribution is 2.34. The number of benzene rings is 1. The Labute approximate surface area is 135 Å². The first-order valence-corrected chi connectivity index (χ1v) is 7.33. The van der Waals surface area contributed by atoms with Crippen molar-refractivity contribution < 1.29 is 27.6 Å². The monoisotopic (exact) mass is 338 g/mol. The molecule has 1 N–H and O–H groups in total. The predicted octanol–water partition coefficient (Wildman–Crippen LogP) is 1.99. The summed E-state index contributed by atoms with van der Waals surface area (Å²) in [5.74, 6) is -7.35. The van der Waals surface area contributed by atoms with Crippen LogP contribution in [-0.2, 0) is 14.4 Å². The molecule has 1 aromatic rings. The lowest BCUT2D eigenvalue weighted by molar-refractivity contribution is -0.142. The molecule has 1 aliphatic carbocycles. The van der Waals surface area contributed by atoms with Crippen LogP contribution in [0.1, 0.15) is 12.8 Å². The number of halogens is 3. The number of allylic oxidation sites excluding steroid dienone is 2. The zero-order valence-electron chi connectivity index (χ0n) is 12.4. The molecule has 0 bridgehead atoms. The Morgan fingerprint density at radius 3 is 2.21 bits per heavy atom. The minimum atomic E-state index is -1.71. The van der Waals surface area contributed by atoms with Gasteiger partial charge in [-0.05, 0) is 25.0 Å². The zero-order valence-corrected chi connectivity index (χ0v) is 12.4. The highest BCUT2D eigenvalue weighted by Gasteiger charge is 2.47. The van der Waals surface area contributed by atoms with Crippen LogP contribution in [0.4, 0.5) is 18.9 Å². The third-order valence-electron chi connectivity index (χ3n) is 4.21. The number of rotatable bonds is 3. The Morgan fingerprint density at radius 2 is 1.62 bits per heavy atom. The number of likely N-dealkylation sites (tertiary alicyclic amines) is 1. The summed E-state index contributed by atoms with van der Waals surface area (Å²) < 4.78 is 39.6. The third-order valence-corrected chi connectivity index (χ3v) is 4.21. The number of nitrogens with one attached hydrogen (secondary N) is 1. The van der Waals surface area contributed by atoms with Crippen molar-refractivity contribution in [3.8, 4) is 0 Å². The first-order valence-electron chi connectivity index (χ1n) is 7.33. The van der Waals surface area contributed by atoms with Crippen molar-refractivity contribution in [2.45, 2.75) is 12.8 Å². The van der Waals surface area contributed by atoms with Gasteiger partial charge in [-0.1, -0.05) is 12.2 Å². The lowest BCUT2D eigenvalue weighted by Gasteiger charge is -2.14. The highest BCUT2D eigenvalue weighted by atomic mass is 19.2. The molecule has 0 aromatic heterocycles. The fourth-order valence-corrected chi connectivity index (χ4v) is 2.98. The van der Waals surface area contributed by atoms with Gasteiger partial charge in [0.05, 0.1) is 17.5 Å². The molecule has 8 heteroatoms. The molecule has 0 spiro atoms. The number of carbonyl (C=O) groups is 3. The fraction of sp³-hybridized carbons (Fsp3) is 0.312. The average Bonchev–Trinajstić information content (AvgIpc) is 2.81. The molecule has 1 saturated heterocycles.